The van der Waals surface area contributed by atoms with Crippen molar-refractivity contribution in [3.05, 3.63) is 58.5 Å². The highest BCUT2D eigenvalue weighted by Gasteiger charge is 2.18. The zero-order valence-corrected chi connectivity index (χ0v) is 10.5. The average Bonchev–Trinajstić information content (AvgIpc) is 2.80. The number of aromatic amines is 1. The maximum absolute atomic E-state index is 14.0. The van der Waals surface area contributed by atoms with Gasteiger partial charge in [0.2, 0.25) is 0 Å². The topological polar surface area (TPSA) is 47.0 Å². The van der Waals surface area contributed by atoms with Crippen molar-refractivity contribution in [2.75, 3.05) is 7.11 Å². The molecule has 1 aromatic heterocycles. The first-order valence-electron chi connectivity index (χ1n) is 5.85. The summed E-state index contributed by atoms with van der Waals surface area (Å²) >= 11 is 0. The highest BCUT2D eigenvalue weighted by Crippen LogP contribution is 2.26. The monoisotopic (exact) mass is 276 g/mol. The third-order valence-electron chi connectivity index (χ3n) is 3.06. The van der Waals surface area contributed by atoms with Gasteiger partial charge in [-0.3, -0.25) is 4.57 Å². The number of methoxy groups -OCH3 is 1. The number of H-pyrrole nitrogens is 1. The first-order chi connectivity index (χ1) is 9.63. The molecule has 0 aliphatic heterocycles. The van der Waals surface area contributed by atoms with Crippen LogP contribution in [0.2, 0.25) is 0 Å². The van der Waals surface area contributed by atoms with Gasteiger partial charge in [0.15, 0.2) is 11.6 Å². The lowest BCUT2D eigenvalue weighted by Crippen LogP contribution is -2.16. The van der Waals surface area contributed by atoms with E-state index in [9.17, 15) is 13.6 Å². The summed E-state index contributed by atoms with van der Waals surface area (Å²) in [5, 5.41) is 0. The smallest absolute Gasteiger partial charge is 0.331 e. The third kappa shape index (κ3) is 1.69. The van der Waals surface area contributed by atoms with Crippen LogP contribution in [-0.4, -0.2) is 16.7 Å². The van der Waals surface area contributed by atoms with E-state index in [-0.39, 0.29) is 11.0 Å². The molecule has 0 radical (unpaired) electrons. The van der Waals surface area contributed by atoms with E-state index < -0.39 is 17.3 Å². The Morgan fingerprint density at radius 1 is 1.15 bits per heavy atom. The molecule has 0 fully saturated rings. The molecule has 0 aliphatic rings. The van der Waals surface area contributed by atoms with Crippen LogP contribution in [0.4, 0.5) is 8.78 Å². The number of rotatable bonds is 2. The Labute approximate surface area is 112 Å². The van der Waals surface area contributed by atoms with Crippen LogP contribution in [0, 0.1) is 11.6 Å². The molecule has 20 heavy (non-hydrogen) atoms. The van der Waals surface area contributed by atoms with Gasteiger partial charge in [-0.2, -0.15) is 0 Å². The van der Waals surface area contributed by atoms with Crippen LogP contribution in [-0.2, 0) is 0 Å². The highest BCUT2D eigenvalue weighted by atomic mass is 19.2. The summed E-state index contributed by atoms with van der Waals surface area (Å²) in [5.74, 6) is -1.70. The van der Waals surface area contributed by atoms with Crippen molar-refractivity contribution >= 4 is 11.0 Å². The molecule has 3 rings (SSSR count). The number of para-hydroxylation sites is 2. The second-order valence-corrected chi connectivity index (χ2v) is 4.19. The van der Waals surface area contributed by atoms with Crippen molar-refractivity contribution in [1.82, 2.24) is 9.55 Å². The second-order valence-electron chi connectivity index (χ2n) is 4.19. The molecule has 2 aromatic carbocycles. The summed E-state index contributed by atoms with van der Waals surface area (Å²) in [7, 11) is 1.44. The van der Waals surface area contributed by atoms with Gasteiger partial charge in [-0.1, -0.05) is 12.1 Å². The number of aromatic nitrogens is 2. The van der Waals surface area contributed by atoms with E-state index in [1.807, 2.05) is 0 Å². The van der Waals surface area contributed by atoms with Crippen molar-refractivity contribution in [2.45, 2.75) is 0 Å². The van der Waals surface area contributed by atoms with Gasteiger partial charge < -0.3 is 9.72 Å². The molecule has 102 valence electrons. The lowest BCUT2D eigenvalue weighted by atomic mass is 10.2. The molecule has 0 saturated heterocycles. The number of halogens is 2. The molecule has 0 bridgehead atoms. The maximum atomic E-state index is 14.0. The molecule has 0 saturated carbocycles. The van der Waals surface area contributed by atoms with E-state index in [1.165, 1.54) is 13.2 Å². The summed E-state index contributed by atoms with van der Waals surface area (Å²) in [6.45, 7) is 0. The number of fused-ring (bicyclic) bond motifs is 1. The van der Waals surface area contributed by atoms with E-state index in [0.717, 1.165) is 10.6 Å². The fraction of sp³-hybridized carbons (Fsp3) is 0.0714. The molecule has 6 heteroatoms. The number of benzene rings is 2. The van der Waals surface area contributed by atoms with Crippen LogP contribution < -0.4 is 10.4 Å². The molecule has 0 unspecified atom stereocenters. The zero-order valence-electron chi connectivity index (χ0n) is 10.5. The normalized spacial score (nSPS) is 10.9. The quantitative estimate of drug-likeness (QED) is 0.782. The molecule has 3 aromatic rings. The van der Waals surface area contributed by atoms with Gasteiger partial charge in [-0.25, -0.2) is 13.6 Å². The fourth-order valence-electron chi connectivity index (χ4n) is 2.18. The number of hydrogen-bond acceptors (Lipinski definition) is 2. The predicted octanol–water partition coefficient (Wildman–Crippen LogP) is 2.61. The lowest BCUT2D eigenvalue weighted by molar-refractivity contribution is 0.412. The molecule has 0 aliphatic carbocycles. The minimum Gasteiger partial charge on any atom is -0.495 e. The van der Waals surface area contributed by atoms with Crippen molar-refractivity contribution in [1.29, 1.82) is 0 Å². The molecule has 1 heterocycles. The van der Waals surface area contributed by atoms with Gasteiger partial charge in [-0.05, 0) is 24.3 Å². The molecule has 4 nitrogen and oxygen atoms in total. The Morgan fingerprint density at radius 2 is 1.90 bits per heavy atom. The second kappa shape index (κ2) is 4.48. The summed E-state index contributed by atoms with van der Waals surface area (Å²) < 4.78 is 33.6. The highest BCUT2D eigenvalue weighted by molar-refractivity contribution is 5.78. The summed E-state index contributed by atoms with van der Waals surface area (Å²) in [6.07, 6.45) is 0. The van der Waals surface area contributed by atoms with Crippen LogP contribution in [0.15, 0.2) is 41.2 Å². The largest absolute Gasteiger partial charge is 0.495 e. The predicted molar refractivity (Wildman–Crippen MR) is 70.4 cm³/mol. The molecule has 1 N–H and O–H groups in total. The van der Waals surface area contributed by atoms with E-state index in [2.05, 4.69) is 4.98 Å². The Hall–Kier alpha value is -2.63. The van der Waals surface area contributed by atoms with Crippen molar-refractivity contribution < 1.29 is 13.5 Å². The van der Waals surface area contributed by atoms with Gasteiger partial charge in [0.05, 0.1) is 18.3 Å². The van der Waals surface area contributed by atoms with Gasteiger partial charge in [-0.15, -0.1) is 0 Å². The molecule has 0 atom stereocenters. The first-order valence-corrected chi connectivity index (χ1v) is 5.85. The maximum Gasteiger partial charge on any atom is 0.331 e. The molecular formula is C14H10F2N2O2. The standard InChI is InChI=1S/C14H10F2N2O2/c1-20-11-5-3-2-4-10(11)18-13-9(17-14(18)19)7-6-8(15)12(13)16/h2-7H,1H3,(H,17,19). The Balaban J connectivity index is 2.45. The van der Waals surface area contributed by atoms with Gasteiger partial charge >= 0.3 is 5.69 Å². The Bertz CT molecular complexity index is 852. The third-order valence-corrected chi connectivity index (χ3v) is 3.06. The molecule has 0 amide bonds. The van der Waals surface area contributed by atoms with Crippen LogP contribution in [0.1, 0.15) is 0 Å². The SMILES string of the molecule is COc1ccccc1-n1c(=O)[nH]c2ccc(F)c(F)c21. The molecule has 0 spiro atoms. The van der Waals surface area contributed by atoms with Gasteiger partial charge in [0, 0.05) is 0 Å². The Morgan fingerprint density at radius 3 is 2.65 bits per heavy atom. The van der Waals surface area contributed by atoms with Crippen LogP contribution in [0.5, 0.6) is 5.75 Å². The van der Waals surface area contributed by atoms with Crippen LogP contribution in [0.3, 0.4) is 0 Å². The van der Waals surface area contributed by atoms with E-state index >= 15 is 0 Å². The number of imidazole rings is 1. The lowest BCUT2D eigenvalue weighted by Gasteiger charge is -2.09. The number of hydrogen-bond donors (Lipinski definition) is 1. The van der Waals surface area contributed by atoms with Crippen LogP contribution in [0.25, 0.3) is 16.7 Å². The van der Waals surface area contributed by atoms with E-state index in [4.69, 9.17) is 4.74 Å². The minimum atomic E-state index is -1.08. The van der Waals surface area contributed by atoms with Gasteiger partial charge in [0.1, 0.15) is 11.3 Å². The first kappa shape index (κ1) is 12.4. The van der Waals surface area contributed by atoms with E-state index in [0.29, 0.717) is 11.4 Å². The van der Waals surface area contributed by atoms with Crippen LogP contribution >= 0.6 is 0 Å². The number of ether oxygens (including phenoxy) is 1. The zero-order chi connectivity index (χ0) is 14.3. The summed E-state index contributed by atoms with van der Waals surface area (Å²) in [4.78, 5) is 14.5. The number of nitrogens with zero attached hydrogens (tertiary/aromatic N) is 1. The fourth-order valence-corrected chi connectivity index (χ4v) is 2.18. The summed E-state index contributed by atoms with van der Waals surface area (Å²) in [5.41, 5.74) is -0.135. The minimum absolute atomic E-state index is 0.139. The van der Waals surface area contributed by atoms with E-state index in [1.54, 1.807) is 24.3 Å². The van der Waals surface area contributed by atoms with Crippen molar-refractivity contribution in [2.24, 2.45) is 0 Å². The summed E-state index contributed by atoms with van der Waals surface area (Å²) in [6, 6.07) is 8.93. The number of nitrogens with one attached hydrogen (secondary N) is 1. The van der Waals surface area contributed by atoms with Gasteiger partial charge in [0.25, 0.3) is 0 Å². The Kier molecular flexibility index (Phi) is 2.78. The van der Waals surface area contributed by atoms with Crippen molar-refractivity contribution in [3.63, 3.8) is 0 Å². The van der Waals surface area contributed by atoms with Crippen molar-refractivity contribution in [3.8, 4) is 11.4 Å². The average molecular weight is 276 g/mol. The molecular weight excluding hydrogens is 266 g/mol.